The summed E-state index contributed by atoms with van der Waals surface area (Å²) >= 11 is 0. The predicted molar refractivity (Wildman–Crippen MR) is 62.7 cm³/mol. The maximum Gasteiger partial charge on any atom is 0.221 e. The molecule has 1 unspecified atom stereocenters. The number of rotatable bonds is 3. The van der Waals surface area contributed by atoms with Gasteiger partial charge in [0.1, 0.15) is 12.1 Å². The zero-order valence-electron chi connectivity index (χ0n) is 9.81. The molecule has 1 aromatic heterocycles. The molecule has 1 fully saturated rings. The first-order valence-corrected chi connectivity index (χ1v) is 5.67. The molecule has 2 rings (SSSR count). The van der Waals surface area contributed by atoms with E-state index in [2.05, 4.69) is 14.9 Å². The van der Waals surface area contributed by atoms with E-state index in [1.165, 1.54) is 0 Å². The van der Waals surface area contributed by atoms with Crippen molar-refractivity contribution in [3.05, 3.63) is 11.9 Å². The molecule has 16 heavy (non-hydrogen) atoms. The highest BCUT2D eigenvalue weighted by Gasteiger charge is 2.22. The van der Waals surface area contributed by atoms with Gasteiger partial charge in [0.05, 0.1) is 12.2 Å². The second-order valence-electron chi connectivity index (χ2n) is 4.06. The van der Waals surface area contributed by atoms with E-state index >= 15 is 0 Å². The van der Waals surface area contributed by atoms with Crippen LogP contribution in [-0.4, -0.2) is 35.7 Å². The van der Waals surface area contributed by atoms with E-state index in [0.717, 1.165) is 30.9 Å². The fourth-order valence-corrected chi connectivity index (χ4v) is 2.01. The SMILES string of the molecule is CCOc1ncnc(N2CCC(N)C2)c1C. The highest BCUT2D eigenvalue weighted by atomic mass is 16.5. The van der Waals surface area contributed by atoms with E-state index < -0.39 is 0 Å². The lowest BCUT2D eigenvalue weighted by Crippen LogP contribution is -2.27. The molecule has 2 heterocycles. The van der Waals surface area contributed by atoms with Crippen LogP contribution in [0.2, 0.25) is 0 Å². The third-order valence-corrected chi connectivity index (χ3v) is 2.82. The Kier molecular flexibility index (Phi) is 3.24. The summed E-state index contributed by atoms with van der Waals surface area (Å²) in [4.78, 5) is 10.6. The Morgan fingerprint density at radius 3 is 3.00 bits per heavy atom. The van der Waals surface area contributed by atoms with Gasteiger partial charge >= 0.3 is 0 Å². The van der Waals surface area contributed by atoms with Gasteiger partial charge in [-0.3, -0.25) is 0 Å². The molecule has 0 amide bonds. The maximum absolute atomic E-state index is 5.89. The van der Waals surface area contributed by atoms with Gasteiger partial charge in [0.15, 0.2) is 0 Å². The van der Waals surface area contributed by atoms with Gasteiger partial charge in [-0.25, -0.2) is 9.97 Å². The van der Waals surface area contributed by atoms with Crippen LogP contribution in [0.1, 0.15) is 18.9 Å². The third-order valence-electron chi connectivity index (χ3n) is 2.82. The van der Waals surface area contributed by atoms with E-state index in [-0.39, 0.29) is 6.04 Å². The molecular formula is C11H18N4O. The second-order valence-corrected chi connectivity index (χ2v) is 4.06. The molecular weight excluding hydrogens is 204 g/mol. The summed E-state index contributed by atoms with van der Waals surface area (Å²) in [6.07, 6.45) is 2.57. The minimum atomic E-state index is 0.255. The van der Waals surface area contributed by atoms with E-state index in [4.69, 9.17) is 10.5 Å². The molecule has 1 aliphatic heterocycles. The number of nitrogens with zero attached hydrogens (tertiary/aromatic N) is 3. The van der Waals surface area contributed by atoms with Crippen molar-refractivity contribution in [2.45, 2.75) is 26.3 Å². The van der Waals surface area contributed by atoms with E-state index in [0.29, 0.717) is 12.5 Å². The predicted octanol–water partition coefficient (Wildman–Crippen LogP) is 0.721. The molecule has 0 bridgehead atoms. The van der Waals surface area contributed by atoms with Crippen molar-refractivity contribution in [2.75, 3.05) is 24.6 Å². The van der Waals surface area contributed by atoms with Gasteiger partial charge in [-0.1, -0.05) is 0 Å². The van der Waals surface area contributed by atoms with Crippen LogP contribution in [0.5, 0.6) is 5.88 Å². The first kappa shape index (κ1) is 11.1. The van der Waals surface area contributed by atoms with Gasteiger partial charge in [0.25, 0.3) is 0 Å². The van der Waals surface area contributed by atoms with Crippen molar-refractivity contribution in [2.24, 2.45) is 5.73 Å². The van der Waals surface area contributed by atoms with E-state index in [9.17, 15) is 0 Å². The molecule has 5 heteroatoms. The van der Waals surface area contributed by atoms with Crippen molar-refractivity contribution in [3.8, 4) is 5.88 Å². The van der Waals surface area contributed by atoms with Crippen molar-refractivity contribution in [1.29, 1.82) is 0 Å². The monoisotopic (exact) mass is 222 g/mol. The number of nitrogens with two attached hydrogens (primary N) is 1. The average Bonchev–Trinajstić information content (AvgIpc) is 2.68. The lowest BCUT2D eigenvalue weighted by atomic mass is 10.3. The lowest BCUT2D eigenvalue weighted by Gasteiger charge is -2.19. The van der Waals surface area contributed by atoms with Crippen LogP contribution in [0, 0.1) is 6.92 Å². The minimum Gasteiger partial charge on any atom is -0.478 e. The fourth-order valence-electron chi connectivity index (χ4n) is 2.01. The number of anilines is 1. The number of hydrogen-bond acceptors (Lipinski definition) is 5. The second kappa shape index (κ2) is 4.65. The largest absolute Gasteiger partial charge is 0.478 e. The zero-order chi connectivity index (χ0) is 11.5. The molecule has 0 radical (unpaired) electrons. The Morgan fingerprint density at radius 1 is 1.56 bits per heavy atom. The highest BCUT2D eigenvalue weighted by Crippen LogP contribution is 2.26. The topological polar surface area (TPSA) is 64.3 Å². The zero-order valence-corrected chi connectivity index (χ0v) is 9.81. The van der Waals surface area contributed by atoms with Gasteiger partial charge < -0.3 is 15.4 Å². The average molecular weight is 222 g/mol. The van der Waals surface area contributed by atoms with E-state index in [1.54, 1.807) is 6.33 Å². The minimum absolute atomic E-state index is 0.255. The molecule has 88 valence electrons. The van der Waals surface area contributed by atoms with Gasteiger partial charge in [0, 0.05) is 19.1 Å². The van der Waals surface area contributed by atoms with Crippen LogP contribution >= 0.6 is 0 Å². The van der Waals surface area contributed by atoms with E-state index in [1.807, 2.05) is 13.8 Å². The summed E-state index contributed by atoms with van der Waals surface area (Å²) in [5, 5.41) is 0. The summed E-state index contributed by atoms with van der Waals surface area (Å²) < 4.78 is 5.45. The Morgan fingerprint density at radius 2 is 2.38 bits per heavy atom. The van der Waals surface area contributed by atoms with Gasteiger partial charge in [-0.15, -0.1) is 0 Å². The molecule has 0 aliphatic carbocycles. The van der Waals surface area contributed by atoms with Gasteiger partial charge in [0.2, 0.25) is 5.88 Å². The summed E-state index contributed by atoms with van der Waals surface area (Å²) in [6, 6.07) is 0.255. The molecule has 0 spiro atoms. The number of hydrogen-bond donors (Lipinski definition) is 1. The van der Waals surface area contributed by atoms with Crippen LogP contribution in [0.25, 0.3) is 0 Å². The summed E-state index contributed by atoms with van der Waals surface area (Å²) in [5.41, 5.74) is 6.89. The Hall–Kier alpha value is -1.36. The quantitative estimate of drug-likeness (QED) is 0.816. The Bertz CT molecular complexity index is 369. The number of aromatic nitrogens is 2. The molecule has 0 aromatic carbocycles. The summed E-state index contributed by atoms with van der Waals surface area (Å²) in [5.74, 6) is 1.62. The summed E-state index contributed by atoms with van der Waals surface area (Å²) in [7, 11) is 0. The fraction of sp³-hybridized carbons (Fsp3) is 0.636. The standard InChI is InChI=1S/C11H18N4O/c1-3-16-11-8(2)10(13-7-14-11)15-5-4-9(12)6-15/h7,9H,3-6,12H2,1-2H3. The first-order chi connectivity index (χ1) is 7.72. The lowest BCUT2D eigenvalue weighted by molar-refractivity contribution is 0.323. The van der Waals surface area contributed by atoms with Crippen LogP contribution in [0.4, 0.5) is 5.82 Å². The molecule has 2 N–H and O–H groups in total. The van der Waals surface area contributed by atoms with Crippen molar-refractivity contribution in [3.63, 3.8) is 0 Å². The molecule has 1 saturated heterocycles. The first-order valence-electron chi connectivity index (χ1n) is 5.67. The molecule has 5 nitrogen and oxygen atoms in total. The molecule has 1 aliphatic rings. The molecule has 1 atom stereocenters. The summed E-state index contributed by atoms with van der Waals surface area (Å²) in [6.45, 7) is 6.39. The highest BCUT2D eigenvalue weighted by molar-refractivity contribution is 5.51. The third kappa shape index (κ3) is 2.09. The number of ether oxygens (including phenoxy) is 1. The Labute approximate surface area is 95.6 Å². The smallest absolute Gasteiger partial charge is 0.221 e. The van der Waals surface area contributed by atoms with Crippen molar-refractivity contribution >= 4 is 5.82 Å². The van der Waals surface area contributed by atoms with Crippen LogP contribution in [0.15, 0.2) is 6.33 Å². The normalized spacial score (nSPS) is 20.2. The van der Waals surface area contributed by atoms with Gasteiger partial charge in [-0.2, -0.15) is 0 Å². The van der Waals surface area contributed by atoms with Crippen LogP contribution in [-0.2, 0) is 0 Å². The van der Waals surface area contributed by atoms with Crippen molar-refractivity contribution in [1.82, 2.24) is 9.97 Å². The maximum atomic E-state index is 5.89. The molecule has 0 saturated carbocycles. The Balaban J connectivity index is 2.23. The molecule has 1 aromatic rings. The van der Waals surface area contributed by atoms with Crippen LogP contribution in [0.3, 0.4) is 0 Å². The van der Waals surface area contributed by atoms with Crippen molar-refractivity contribution < 1.29 is 4.74 Å². The van der Waals surface area contributed by atoms with Gasteiger partial charge in [-0.05, 0) is 20.3 Å². The van der Waals surface area contributed by atoms with Crippen LogP contribution < -0.4 is 15.4 Å².